The maximum absolute atomic E-state index is 11.0. The van der Waals surface area contributed by atoms with Crippen molar-refractivity contribution in [1.82, 2.24) is 10.2 Å². The van der Waals surface area contributed by atoms with Crippen LogP contribution in [0, 0.1) is 0 Å². The van der Waals surface area contributed by atoms with Crippen molar-refractivity contribution in [3.8, 4) is 0 Å². The van der Waals surface area contributed by atoms with Gasteiger partial charge in [-0.25, -0.2) is 9.79 Å². The second kappa shape index (κ2) is 2.61. The Morgan fingerprint density at radius 2 is 2.55 bits per heavy atom. The second-order valence-corrected chi connectivity index (χ2v) is 2.20. The molecule has 1 aliphatic heterocycles. The molecule has 0 saturated heterocycles. The molecular weight excluding hydrogens is 144 g/mol. The van der Waals surface area contributed by atoms with E-state index < -0.39 is 0 Å². The predicted molar refractivity (Wildman–Crippen MR) is 41.9 cm³/mol. The number of aliphatic imine (C=N–C) groups is 1. The van der Waals surface area contributed by atoms with Gasteiger partial charge in [0.1, 0.15) is 6.17 Å². The Morgan fingerprint density at radius 3 is 3.09 bits per heavy atom. The summed E-state index contributed by atoms with van der Waals surface area (Å²) < 4.78 is 0. The van der Waals surface area contributed by atoms with E-state index in [4.69, 9.17) is 5.73 Å². The largest absolute Gasteiger partial charge is 0.370 e. The fourth-order valence-electron chi connectivity index (χ4n) is 0.790. The molecule has 2 amide bonds. The number of likely N-dealkylation sites (N-methyl/N-ethyl adjacent to an activating group) is 1. The first-order chi connectivity index (χ1) is 5.15. The van der Waals surface area contributed by atoms with E-state index in [1.54, 1.807) is 13.1 Å². The van der Waals surface area contributed by atoms with E-state index >= 15 is 0 Å². The molecule has 0 radical (unpaired) electrons. The van der Waals surface area contributed by atoms with Crippen molar-refractivity contribution in [2.45, 2.75) is 6.17 Å². The van der Waals surface area contributed by atoms with Gasteiger partial charge in [-0.05, 0) is 6.08 Å². The summed E-state index contributed by atoms with van der Waals surface area (Å²) in [5.41, 5.74) is 5.30. The molecule has 0 bridgehead atoms. The van der Waals surface area contributed by atoms with Crippen molar-refractivity contribution in [2.24, 2.45) is 10.7 Å². The van der Waals surface area contributed by atoms with Crippen molar-refractivity contribution in [2.75, 3.05) is 7.05 Å². The maximum Gasteiger partial charge on any atom is 0.325 e. The SMILES string of the molecule is C=CC1N=C(N)NC(=O)N1C. The van der Waals surface area contributed by atoms with Crippen LogP contribution < -0.4 is 11.1 Å². The molecule has 5 heteroatoms. The monoisotopic (exact) mass is 154 g/mol. The van der Waals surface area contributed by atoms with E-state index in [2.05, 4.69) is 16.9 Å². The van der Waals surface area contributed by atoms with Gasteiger partial charge in [-0.1, -0.05) is 6.58 Å². The first-order valence-electron chi connectivity index (χ1n) is 3.15. The summed E-state index contributed by atoms with van der Waals surface area (Å²) in [6.07, 6.45) is 1.20. The molecule has 60 valence electrons. The summed E-state index contributed by atoms with van der Waals surface area (Å²) >= 11 is 0. The van der Waals surface area contributed by atoms with Crippen LogP contribution in [0.1, 0.15) is 0 Å². The van der Waals surface area contributed by atoms with Crippen LogP contribution in [0.4, 0.5) is 4.79 Å². The van der Waals surface area contributed by atoms with E-state index in [1.807, 2.05) is 0 Å². The van der Waals surface area contributed by atoms with E-state index in [-0.39, 0.29) is 18.2 Å². The number of nitrogens with zero attached hydrogens (tertiary/aromatic N) is 2. The van der Waals surface area contributed by atoms with E-state index in [0.29, 0.717) is 0 Å². The quantitative estimate of drug-likeness (QED) is 0.498. The number of rotatable bonds is 1. The zero-order chi connectivity index (χ0) is 8.43. The molecule has 1 aliphatic rings. The number of nitrogens with two attached hydrogens (primary N) is 1. The van der Waals surface area contributed by atoms with Crippen LogP contribution in [-0.4, -0.2) is 30.1 Å². The summed E-state index contributed by atoms with van der Waals surface area (Å²) in [6, 6.07) is -0.262. The van der Waals surface area contributed by atoms with Crippen molar-refractivity contribution < 1.29 is 4.79 Å². The van der Waals surface area contributed by atoms with Crippen LogP contribution in [0.2, 0.25) is 0 Å². The van der Waals surface area contributed by atoms with Gasteiger partial charge in [-0.15, -0.1) is 0 Å². The van der Waals surface area contributed by atoms with Crippen molar-refractivity contribution in [1.29, 1.82) is 0 Å². The lowest BCUT2D eigenvalue weighted by molar-refractivity contribution is 0.202. The molecule has 1 atom stereocenters. The molecule has 0 saturated carbocycles. The first-order valence-corrected chi connectivity index (χ1v) is 3.15. The van der Waals surface area contributed by atoms with Gasteiger partial charge in [-0.3, -0.25) is 5.32 Å². The second-order valence-electron chi connectivity index (χ2n) is 2.20. The Bertz CT molecular complexity index is 223. The van der Waals surface area contributed by atoms with Gasteiger partial charge in [0.15, 0.2) is 5.96 Å². The standard InChI is InChI=1S/C6H10N4O/c1-3-4-8-5(7)9-6(11)10(4)2/h3-4H,1H2,2H3,(H3,7,8,9,11). The highest BCUT2D eigenvalue weighted by molar-refractivity contribution is 5.97. The van der Waals surface area contributed by atoms with Crippen LogP contribution in [0.15, 0.2) is 17.6 Å². The summed E-state index contributed by atoms with van der Waals surface area (Å²) in [4.78, 5) is 16.3. The number of nitrogens with one attached hydrogen (secondary N) is 1. The highest BCUT2D eigenvalue weighted by Gasteiger charge is 2.21. The van der Waals surface area contributed by atoms with E-state index in [0.717, 1.165) is 0 Å². The van der Waals surface area contributed by atoms with Crippen LogP contribution in [0.5, 0.6) is 0 Å². The van der Waals surface area contributed by atoms with Crippen LogP contribution in [-0.2, 0) is 0 Å². The lowest BCUT2D eigenvalue weighted by atomic mass is 10.4. The zero-order valence-corrected chi connectivity index (χ0v) is 6.24. The third kappa shape index (κ3) is 1.31. The number of hydrogen-bond acceptors (Lipinski definition) is 3. The van der Waals surface area contributed by atoms with Gasteiger partial charge in [0.2, 0.25) is 0 Å². The van der Waals surface area contributed by atoms with Gasteiger partial charge >= 0.3 is 6.03 Å². The molecule has 0 aliphatic carbocycles. The molecule has 3 N–H and O–H groups in total. The first kappa shape index (κ1) is 7.59. The molecule has 0 fully saturated rings. The minimum Gasteiger partial charge on any atom is -0.370 e. The lowest BCUT2D eigenvalue weighted by Gasteiger charge is -2.26. The summed E-state index contributed by atoms with van der Waals surface area (Å²) in [5.74, 6) is 0.137. The van der Waals surface area contributed by atoms with Crippen LogP contribution >= 0.6 is 0 Å². The number of carbonyl (C=O) groups excluding carboxylic acids is 1. The molecule has 11 heavy (non-hydrogen) atoms. The Kier molecular flexibility index (Phi) is 1.80. The molecule has 0 aromatic heterocycles. The summed E-state index contributed by atoms with van der Waals surface area (Å²) in [7, 11) is 1.62. The molecule has 0 spiro atoms. The predicted octanol–water partition coefficient (Wildman–Crippen LogP) is -0.532. The fraction of sp³-hybridized carbons (Fsp3) is 0.333. The van der Waals surface area contributed by atoms with Gasteiger partial charge in [0, 0.05) is 7.05 Å². The Balaban J connectivity index is 2.86. The highest BCUT2D eigenvalue weighted by atomic mass is 16.2. The fourth-order valence-corrected chi connectivity index (χ4v) is 0.790. The number of urea groups is 1. The molecule has 1 rings (SSSR count). The molecular formula is C6H10N4O. The van der Waals surface area contributed by atoms with Gasteiger partial charge in [0.25, 0.3) is 0 Å². The van der Waals surface area contributed by atoms with Gasteiger partial charge in [-0.2, -0.15) is 0 Å². The molecule has 1 unspecified atom stereocenters. The molecule has 5 nitrogen and oxygen atoms in total. The van der Waals surface area contributed by atoms with Crippen molar-refractivity contribution >= 4 is 12.0 Å². The Hall–Kier alpha value is -1.52. The highest BCUT2D eigenvalue weighted by Crippen LogP contribution is 2.03. The number of hydrogen-bond donors (Lipinski definition) is 2. The maximum atomic E-state index is 11.0. The van der Waals surface area contributed by atoms with Gasteiger partial charge in [0.05, 0.1) is 0 Å². The Labute approximate surface area is 64.6 Å². The van der Waals surface area contributed by atoms with E-state index in [9.17, 15) is 4.79 Å². The van der Waals surface area contributed by atoms with Crippen LogP contribution in [0.25, 0.3) is 0 Å². The zero-order valence-electron chi connectivity index (χ0n) is 6.24. The topological polar surface area (TPSA) is 70.7 Å². The number of carbonyl (C=O) groups is 1. The minimum atomic E-state index is -0.344. The van der Waals surface area contributed by atoms with Gasteiger partial charge < -0.3 is 10.6 Å². The molecule has 0 aromatic carbocycles. The number of amides is 2. The minimum absolute atomic E-state index is 0.137. The third-order valence-corrected chi connectivity index (χ3v) is 1.43. The average molecular weight is 154 g/mol. The van der Waals surface area contributed by atoms with E-state index in [1.165, 1.54) is 4.90 Å². The Morgan fingerprint density at radius 1 is 1.91 bits per heavy atom. The smallest absolute Gasteiger partial charge is 0.325 e. The average Bonchev–Trinajstić information content (AvgIpc) is 1.96. The summed E-state index contributed by atoms with van der Waals surface area (Å²) in [5, 5.41) is 2.36. The van der Waals surface area contributed by atoms with Crippen molar-refractivity contribution in [3.05, 3.63) is 12.7 Å². The molecule has 0 aromatic rings. The molecule has 1 heterocycles. The van der Waals surface area contributed by atoms with Crippen LogP contribution in [0.3, 0.4) is 0 Å². The number of guanidine groups is 1. The summed E-state index contributed by atoms with van der Waals surface area (Å²) in [6.45, 7) is 3.52. The normalized spacial score (nSPS) is 24.1. The lowest BCUT2D eigenvalue weighted by Crippen LogP contribution is -2.52. The van der Waals surface area contributed by atoms with Crippen molar-refractivity contribution in [3.63, 3.8) is 0 Å². The third-order valence-electron chi connectivity index (χ3n) is 1.43.